The molecule has 0 aromatic heterocycles. The standard InChI is InChI=1S/C17H29ClO2P.Pd/c1-16(2,3)21(12-18,17(4,5)6)14-11-9-10-13(19-7)15(14)20-8;/h9-12,21H,1-8H3;. The van der Waals surface area contributed by atoms with Gasteiger partial charge in [-0.1, -0.05) is 0 Å². The van der Waals surface area contributed by atoms with Gasteiger partial charge in [0.05, 0.1) is 0 Å². The molecule has 0 amide bonds. The molecule has 0 saturated carbocycles. The van der Waals surface area contributed by atoms with Crippen molar-refractivity contribution in [3.05, 3.63) is 18.2 Å². The molecule has 1 aromatic rings. The van der Waals surface area contributed by atoms with E-state index in [1.165, 1.54) is 5.30 Å². The Bertz CT molecular complexity index is 504. The van der Waals surface area contributed by atoms with Gasteiger partial charge in [0.25, 0.3) is 0 Å². The van der Waals surface area contributed by atoms with E-state index in [9.17, 15) is 0 Å². The van der Waals surface area contributed by atoms with E-state index >= 15 is 0 Å². The molecule has 0 N–H and O–H groups in total. The van der Waals surface area contributed by atoms with Gasteiger partial charge in [0.15, 0.2) is 0 Å². The Hall–Kier alpha value is 0.202. The van der Waals surface area contributed by atoms with Crippen LogP contribution in [0, 0.1) is 0 Å². The normalized spacial score (nSPS) is 15.4. The van der Waals surface area contributed by atoms with Crippen LogP contribution in [0.4, 0.5) is 0 Å². The van der Waals surface area contributed by atoms with Gasteiger partial charge in [-0.25, -0.2) is 0 Å². The molecule has 0 heterocycles. The van der Waals surface area contributed by atoms with Gasteiger partial charge in [0.2, 0.25) is 0 Å². The van der Waals surface area contributed by atoms with Crippen LogP contribution in [0.15, 0.2) is 18.2 Å². The molecule has 0 spiro atoms. The van der Waals surface area contributed by atoms with E-state index in [1.54, 1.807) is 14.2 Å². The average molecular weight is 438 g/mol. The number of methoxy groups -OCH3 is 2. The van der Waals surface area contributed by atoms with Crippen molar-refractivity contribution in [2.45, 2.75) is 55.4 Å². The summed E-state index contributed by atoms with van der Waals surface area (Å²) in [7, 11) is 1.10. The molecule has 0 aliphatic heterocycles. The summed E-state index contributed by atoms with van der Waals surface area (Å²) in [6, 6.07) is 6.13. The monoisotopic (exact) mass is 437 g/mol. The van der Waals surface area contributed by atoms with E-state index < -0.39 is 7.26 Å². The van der Waals surface area contributed by atoms with E-state index in [-0.39, 0.29) is 13.9 Å². The Labute approximate surface area is 152 Å². The topological polar surface area (TPSA) is 18.5 Å². The molecule has 0 aliphatic carbocycles. The van der Waals surface area contributed by atoms with Crippen molar-refractivity contribution in [1.29, 1.82) is 0 Å². The minimum absolute atomic E-state index is 0.0380. The Morgan fingerprint density at radius 2 is 1.50 bits per heavy atom. The molecule has 1 aromatic carbocycles. The summed E-state index contributed by atoms with van der Waals surface area (Å²) in [6.45, 7) is 13.7. The Balaban J connectivity index is 3.90. The van der Waals surface area contributed by atoms with Crippen molar-refractivity contribution in [1.82, 2.24) is 0 Å². The third-order valence-corrected chi connectivity index (χ3v) is 14.1. The number of hydrogen-bond acceptors (Lipinski definition) is 2. The minimum atomic E-state index is -2.27. The van der Waals surface area contributed by atoms with E-state index in [1.807, 2.05) is 12.1 Å². The molecule has 2 nitrogen and oxygen atoms in total. The fourth-order valence-corrected chi connectivity index (χ4v) is 17.1. The summed E-state index contributed by atoms with van der Waals surface area (Å²) < 4.78 is 11.2. The summed E-state index contributed by atoms with van der Waals surface area (Å²) >= 11 is 10.3. The van der Waals surface area contributed by atoms with Crippen molar-refractivity contribution in [3.63, 3.8) is 0 Å². The molecular formula is C17H29ClO2PPd. The van der Waals surface area contributed by atoms with E-state index in [4.69, 9.17) is 21.1 Å². The molecule has 1 rings (SSSR count). The van der Waals surface area contributed by atoms with Gasteiger partial charge in [-0.3, -0.25) is 0 Å². The fourth-order valence-electron chi connectivity index (χ4n) is 3.84. The van der Waals surface area contributed by atoms with Gasteiger partial charge in [0.1, 0.15) is 0 Å². The Morgan fingerprint density at radius 3 is 1.82 bits per heavy atom. The zero-order valence-electron chi connectivity index (χ0n) is 14.8. The number of ether oxygens (including phenoxy) is 2. The number of alkyl halides is 1. The average Bonchev–Trinajstić information content (AvgIpc) is 2.34. The second kappa shape index (κ2) is 6.98. The molecule has 0 bridgehead atoms. The molecule has 131 valence electrons. The quantitative estimate of drug-likeness (QED) is 0.384. The van der Waals surface area contributed by atoms with Crippen LogP contribution in [0.2, 0.25) is 0 Å². The SMILES string of the molecule is COc1cccc([PH]([CH](Cl)[Pd])(C(C)(C)C)C(C)(C)C)c1OC. The second-order valence-corrected chi connectivity index (χ2v) is 16.3. The van der Waals surface area contributed by atoms with E-state index in [2.05, 4.69) is 66.8 Å². The predicted octanol–water partition coefficient (Wildman–Crippen LogP) is 4.75. The molecule has 0 aliphatic rings. The first kappa shape index (κ1) is 20.2. The number of hydrogen-bond donors (Lipinski definition) is 0. The third-order valence-electron chi connectivity index (χ3n) is 4.49. The predicted molar refractivity (Wildman–Crippen MR) is 96.6 cm³/mol. The van der Waals surface area contributed by atoms with Crippen LogP contribution in [0.25, 0.3) is 0 Å². The molecule has 5 heteroatoms. The summed E-state index contributed by atoms with van der Waals surface area (Å²) in [5, 5.41) is 1.29. The fraction of sp³-hybridized carbons (Fsp3) is 0.647. The number of rotatable bonds is 4. The molecule has 22 heavy (non-hydrogen) atoms. The number of halogens is 1. The molecule has 0 saturated heterocycles. The summed E-state index contributed by atoms with van der Waals surface area (Å²) in [5.74, 6) is 1.58. The van der Waals surface area contributed by atoms with Crippen LogP contribution in [0.1, 0.15) is 41.5 Å². The Kier molecular flexibility index (Phi) is 6.43. The van der Waals surface area contributed by atoms with Gasteiger partial charge in [-0.15, -0.1) is 0 Å². The summed E-state index contributed by atoms with van der Waals surface area (Å²) in [4.78, 5) is 0. The van der Waals surface area contributed by atoms with Crippen LogP contribution in [-0.4, -0.2) is 28.1 Å². The number of para-hydroxylation sites is 1. The Morgan fingerprint density at radius 1 is 1.00 bits per heavy atom. The summed E-state index contributed by atoms with van der Waals surface area (Å²) in [5.41, 5.74) is 0. The zero-order chi connectivity index (χ0) is 17.3. The van der Waals surface area contributed by atoms with Gasteiger partial charge in [0, 0.05) is 0 Å². The van der Waals surface area contributed by atoms with Crippen LogP contribution in [0.3, 0.4) is 0 Å². The molecule has 0 radical (unpaired) electrons. The molecule has 0 fully saturated rings. The zero-order valence-corrected chi connectivity index (χ0v) is 18.1. The van der Waals surface area contributed by atoms with Crippen molar-refractivity contribution in [3.8, 4) is 11.5 Å². The molecular weight excluding hydrogens is 409 g/mol. The summed E-state index contributed by atoms with van der Waals surface area (Å²) in [6.07, 6.45) is 0. The molecule has 1 atom stereocenters. The maximum absolute atomic E-state index is 6.83. The van der Waals surface area contributed by atoms with Gasteiger partial charge >= 0.3 is 152 Å². The van der Waals surface area contributed by atoms with Crippen molar-refractivity contribution < 1.29 is 28.7 Å². The van der Waals surface area contributed by atoms with Crippen LogP contribution in [0.5, 0.6) is 11.5 Å². The molecule has 1 unspecified atom stereocenters. The van der Waals surface area contributed by atoms with Crippen molar-refractivity contribution in [2.24, 2.45) is 0 Å². The first-order valence-electron chi connectivity index (χ1n) is 7.41. The maximum atomic E-state index is 6.83. The van der Waals surface area contributed by atoms with Crippen molar-refractivity contribution in [2.75, 3.05) is 14.2 Å². The van der Waals surface area contributed by atoms with Crippen molar-refractivity contribution >= 4 is 24.2 Å². The van der Waals surface area contributed by atoms with Crippen LogP contribution < -0.4 is 14.8 Å². The number of benzene rings is 1. The van der Waals surface area contributed by atoms with Gasteiger partial charge in [-0.05, 0) is 0 Å². The first-order valence-corrected chi connectivity index (χ1v) is 10.8. The van der Waals surface area contributed by atoms with Gasteiger partial charge < -0.3 is 0 Å². The third kappa shape index (κ3) is 3.21. The van der Waals surface area contributed by atoms with Crippen LogP contribution >= 0.6 is 18.9 Å². The van der Waals surface area contributed by atoms with E-state index in [0.29, 0.717) is 0 Å². The second-order valence-electron chi connectivity index (χ2n) is 7.62. The van der Waals surface area contributed by atoms with Gasteiger partial charge in [-0.2, -0.15) is 0 Å². The van der Waals surface area contributed by atoms with Crippen LogP contribution in [-0.2, 0) is 19.2 Å². The van der Waals surface area contributed by atoms with E-state index in [0.717, 1.165) is 11.5 Å². The first-order chi connectivity index (χ1) is 9.95.